The van der Waals surface area contributed by atoms with Crippen LogP contribution in [0.15, 0.2) is 259 Å². The second-order valence-corrected chi connectivity index (χ2v) is 18.7. The van der Waals surface area contributed by atoms with E-state index in [2.05, 4.69) is 258 Å². The number of benzene rings is 11. The second-order valence-electron chi connectivity index (χ2n) is 18.7. The number of nitrogens with zero attached hydrogens (tertiary/aromatic N) is 2. The third kappa shape index (κ3) is 5.34. The maximum atomic E-state index is 6.37. The monoisotopic (exact) mass is 890 g/mol. The molecule has 1 spiro atoms. The van der Waals surface area contributed by atoms with Crippen LogP contribution < -0.4 is 4.90 Å². The van der Waals surface area contributed by atoms with Crippen LogP contribution in [-0.4, -0.2) is 4.57 Å². The van der Waals surface area contributed by atoms with E-state index < -0.39 is 5.41 Å². The summed E-state index contributed by atoms with van der Waals surface area (Å²) in [5.74, 6) is 0. The van der Waals surface area contributed by atoms with E-state index in [1.807, 2.05) is 6.07 Å². The minimum atomic E-state index is -0.590. The normalized spacial score (nSPS) is 14.3. The van der Waals surface area contributed by atoms with Crippen molar-refractivity contribution >= 4 is 60.8 Å². The predicted octanol–water partition coefficient (Wildman–Crippen LogP) is 17.8. The first-order valence-corrected chi connectivity index (χ1v) is 24.2. The molecule has 0 N–H and O–H groups in total. The topological polar surface area (TPSA) is 21.3 Å². The minimum Gasteiger partial charge on any atom is -0.456 e. The molecule has 3 nitrogen and oxygen atoms in total. The molecule has 0 saturated carbocycles. The van der Waals surface area contributed by atoms with Crippen molar-refractivity contribution in [2.45, 2.75) is 5.41 Å². The average Bonchev–Trinajstić information content (AvgIpc) is 4.09. The van der Waals surface area contributed by atoms with E-state index in [4.69, 9.17) is 4.42 Å². The Balaban J connectivity index is 1.00. The molecule has 0 bridgehead atoms. The summed E-state index contributed by atoms with van der Waals surface area (Å²) in [6.07, 6.45) is 0. The van der Waals surface area contributed by atoms with Crippen molar-refractivity contribution in [2.75, 3.05) is 4.90 Å². The molecule has 70 heavy (non-hydrogen) atoms. The SMILES string of the molecule is c1ccc(-c2cccc(-c3ccccc3N(c3ccc(-c4cccc5oc6ccccc6c45)cc3)c3cccc4c3-c3ccccc3C43c4ccccc4-n4c5ccccc5c5cccc3c54)c2)cc1. The van der Waals surface area contributed by atoms with Crippen molar-refractivity contribution in [3.8, 4) is 50.2 Å². The number of rotatable bonds is 6. The number of furan rings is 1. The lowest BCUT2D eigenvalue weighted by Gasteiger charge is -2.39. The van der Waals surface area contributed by atoms with E-state index in [9.17, 15) is 0 Å². The summed E-state index contributed by atoms with van der Waals surface area (Å²) in [5.41, 5.74) is 22.8. The van der Waals surface area contributed by atoms with Gasteiger partial charge in [0.15, 0.2) is 0 Å². The smallest absolute Gasteiger partial charge is 0.136 e. The van der Waals surface area contributed by atoms with Gasteiger partial charge in [0.2, 0.25) is 0 Å². The van der Waals surface area contributed by atoms with Gasteiger partial charge in [-0.3, -0.25) is 0 Å². The number of para-hydroxylation sites is 5. The Morgan fingerprint density at radius 2 is 0.957 bits per heavy atom. The molecule has 0 amide bonds. The summed E-state index contributed by atoms with van der Waals surface area (Å²) in [6, 6.07) is 93.7. The van der Waals surface area contributed by atoms with Crippen molar-refractivity contribution < 1.29 is 4.42 Å². The van der Waals surface area contributed by atoms with Crippen LogP contribution in [0, 0.1) is 0 Å². The zero-order valence-electron chi connectivity index (χ0n) is 38.1. The second kappa shape index (κ2) is 14.9. The molecule has 13 aromatic rings. The summed E-state index contributed by atoms with van der Waals surface area (Å²) in [5, 5.41) is 4.80. The highest BCUT2D eigenvalue weighted by Gasteiger charge is 2.51. The molecule has 0 radical (unpaired) electrons. The van der Waals surface area contributed by atoms with Gasteiger partial charge in [0.25, 0.3) is 0 Å². The van der Waals surface area contributed by atoms with E-state index in [1.54, 1.807) is 0 Å². The van der Waals surface area contributed by atoms with Crippen molar-refractivity contribution in [3.63, 3.8) is 0 Å². The lowest BCUT2D eigenvalue weighted by molar-refractivity contribution is 0.669. The first-order chi connectivity index (χ1) is 34.8. The standard InChI is InChI=1S/C67H42N2O/c1-2-18-43(19-3-1)45-20-14-21-46(42-45)48-22-5-10-32-58(48)68(47-40-38-44(39-41-47)49-26-16-37-63-64(49)53-25-7-13-36-62(53)70-63)61-35-17-30-56-65(61)52-24-4-8-28-54(52)67(56)55-29-9-12-34-60(55)69-59-33-11-6-23-50(59)51-27-15-31-57(67)66(51)69/h1-42H. The maximum Gasteiger partial charge on any atom is 0.136 e. The highest BCUT2D eigenvalue weighted by Crippen LogP contribution is 2.63. The van der Waals surface area contributed by atoms with Crippen LogP contribution in [0.25, 0.3) is 93.9 Å². The lowest BCUT2D eigenvalue weighted by Crippen LogP contribution is -2.33. The Morgan fingerprint density at radius 1 is 0.357 bits per heavy atom. The third-order valence-electron chi connectivity index (χ3n) is 15.2. The summed E-state index contributed by atoms with van der Waals surface area (Å²) >= 11 is 0. The summed E-state index contributed by atoms with van der Waals surface area (Å²) < 4.78 is 8.89. The maximum absolute atomic E-state index is 6.37. The quantitative estimate of drug-likeness (QED) is 0.166. The summed E-state index contributed by atoms with van der Waals surface area (Å²) in [4.78, 5) is 2.52. The Hall–Kier alpha value is -9.18. The summed E-state index contributed by atoms with van der Waals surface area (Å²) in [6.45, 7) is 0. The number of hydrogen-bond donors (Lipinski definition) is 0. The molecular weight excluding hydrogens is 849 g/mol. The van der Waals surface area contributed by atoms with Gasteiger partial charge in [-0.15, -0.1) is 0 Å². The highest BCUT2D eigenvalue weighted by molar-refractivity contribution is 6.14. The molecule has 2 aliphatic rings. The number of anilines is 3. The van der Waals surface area contributed by atoms with Crippen molar-refractivity contribution in [2.24, 2.45) is 0 Å². The molecule has 0 saturated heterocycles. The fraction of sp³-hybridized carbons (Fsp3) is 0.0149. The van der Waals surface area contributed by atoms with Crippen molar-refractivity contribution in [1.29, 1.82) is 0 Å². The van der Waals surface area contributed by atoms with Crippen LogP contribution in [0.4, 0.5) is 17.1 Å². The minimum absolute atomic E-state index is 0.590. The Kier molecular flexibility index (Phi) is 8.28. The van der Waals surface area contributed by atoms with Gasteiger partial charge >= 0.3 is 0 Å². The first-order valence-electron chi connectivity index (χ1n) is 24.2. The number of aromatic nitrogens is 1. The average molecular weight is 891 g/mol. The fourth-order valence-corrected chi connectivity index (χ4v) is 12.4. The predicted molar refractivity (Wildman–Crippen MR) is 290 cm³/mol. The molecule has 3 heteroatoms. The molecule has 1 unspecified atom stereocenters. The fourth-order valence-electron chi connectivity index (χ4n) is 12.4. The van der Waals surface area contributed by atoms with Crippen LogP contribution >= 0.6 is 0 Å². The number of hydrogen-bond acceptors (Lipinski definition) is 2. The Morgan fingerprint density at radius 3 is 1.86 bits per heavy atom. The highest BCUT2D eigenvalue weighted by atomic mass is 16.3. The molecule has 326 valence electrons. The zero-order valence-corrected chi connectivity index (χ0v) is 38.1. The Bertz CT molecular complexity index is 4250. The van der Waals surface area contributed by atoms with Crippen molar-refractivity contribution in [3.05, 3.63) is 277 Å². The van der Waals surface area contributed by atoms with Gasteiger partial charge in [0, 0.05) is 38.4 Å². The van der Waals surface area contributed by atoms with Gasteiger partial charge in [-0.1, -0.05) is 200 Å². The van der Waals surface area contributed by atoms with Crippen molar-refractivity contribution in [1.82, 2.24) is 4.57 Å². The van der Waals surface area contributed by atoms with Crippen LogP contribution in [-0.2, 0) is 5.41 Å². The molecular formula is C67H42N2O. The van der Waals surface area contributed by atoms with Crippen LogP contribution in [0.5, 0.6) is 0 Å². The zero-order chi connectivity index (χ0) is 45.9. The van der Waals surface area contributed by atoms with E-state index in [1.165, 1.54) is 72.0 Å². The van der Waals surface area contributed by atoms with Gasteiger partial charge < -0.3 is 13.9 Å². The van der Waals surface area contributed by atoms with Gasteiger partial charge in [-0.25, -0.2) is 0 Å². The van der Waals surface area contributed by atoms with E-state index in [0.29, 0.717) is 0 Å². The lowest BCUT2D eigenvalue weighted by atomic mass is 9.65. The van der Waals surface area contributed by atoms with E-state index in [0.717, 1.165) is 61.3 Å². The largest absolute Gasteiger partial charge is 0.456 e. The van der Waals surface area contributed by atoms with Gasteiger partial charge in [-0.05, 0) is 110 Å². The van der Waals surface area contributed by atoms with Crippen LogP contribution in [0.3, 0.4) is 0 Å². The van der Waals surface area contributed by atoms with Crippen LogP contribution in [0.2, 0.25) is 0 Å². The Labute approximate surface area is 405 Å². The van der Waals surface area contributed by atoms with E-state index in [-0.39, 0.29) is 0 Å². The first kappa shape index (κ1) is 38.9. The molecule has 1 atom stereocenters. The van der Waals surface area contributed by atoms with Crippen LogP contribution in [0.1, 0.15) is 22.3 Å². The molecule has 1 aliphatic carbocycles. The molecule has 3 heterocycles. The number of fused-ring (bicyclic) bond motifs is 15. The third-order valence-corrected chi connectivity index (χ3v) is 15.2. The molecule has 1 aliphatic heterocycles. The molecule has 11 aromatic carbocycles. The van der Waals surface area contributed by atoms with Gasteiger partial charge in [0.1, 0.15) is 11.2 Å². The van der Waals surface area contributed by atoms with Gasteiger partial charge in [-0.2, -0.15) is 0 Å². The van der Waals surface area contributed by atoms with E-state index >= 15 is 0 Å². The molecule has 0 fully saturated rings. The molecule has 15 rings (SSSR count). The van der Waals surface area contributed by atoms with Gasteiger partial charge in [0.05, 0.1) is 33.5 Å². The summed E-state index contributed by atoms with van der Waals surface area (Å²) in [7, 11) is 0. The molecule has 2 aromatic heterocycles.